The van der Waals surface area contributed by atoms with E-state index in [9.17, 15) is 9.18 Å². The molecule has 1 saturated heterocycles. The molecular formula is C28H36FN3O3. The summed E-state index contributed by atoms with van der Waals surface area (Å²) in [5.74, 6) is 1.62. The van der Waals surface area contributed by atoms with Crippen molar-refractivity contribution in [3.05, 3.63) is 60.0 Å². The Kier molecular flexibility index (Phi) is 8.29. The van der Waals surface area contributed by atoms with E-state index in [0.717, 1.165) is 67.8 Å². The number of fused-ring (bicyclic) bond motifs is 1. The number of carbonyl (C=O) groups excluding carboxylic acids is 1. The lowest BCUT2D eigenvalue weighted by Crippen LogP contribution is -2.38. The molecule has 1 aliphatic rings. The molecule has 0 unspecified atom stereocenters. The van der Waals surface area contributed by atoms with Crippen molar-refractivity contribution < 1.29 is 18.7 Å². The number of carbonyl (C=O) groups is 1. The normalized spacial score (nSPS) is 15.0. The Labute approximate surface area is 207 Å². The molecule has 7 heteroatoms. The van der Waals surface area contributed by atoms with Crippen molar-refractivity contribution in [3.8, 4) is 11.5 Å². The number of hydrogen-bond acceptors (Lipinski definition) is 4. The fourth-order valence-electron chi connectivity index (χ4n) is 4.66. The Morgan fingerprint density at radius 1 is 1.11 bits per heavy atom. The number of aromatic nitrogens is 1. The van der Waals surface area contributed by atoms with E-state index in [-0.39, 0.29) is 17.8 Å². The number of nitrogens with one attached hydrogen (secondary N) is 1. The van der Waals surface area contributed by atoms with Gasteiger partial charge < -0.3 is 24.3 Å². The van der Waals surface area contributed by atoms with Crippen LogP contribution in [-0.4, -0.2) is 54.8 Å². The summed E-state index contributed by atoms with van der Waals surface area (Å²) >= 11 is 0. The predicted octanol–water partition coefficient (Wildman–Crippen LogP) is 5.11. The zero-order valence-electron chi connectivity index (χ0n) is 20.9. The second kappa shape index (κ2) is 11.6. The van der Waals surface area contributed by atoms with Crippen LogP contribution in [0.2, 0.25) is 0 Å². The number of aryl methyl sites for hydroxylation is 1. The molecule has 2 aromatic carbocycles. The molecule has 4 rings (SSSR count). The topological polar surface area (TPSA) is 55.7 Å². The number of para-hydroxylation sites is 1. The number of halogens is 1. The maximum atomic E-state index is 13.1. The summed E-state index contributed by atoms with van der Waals surface area (Å²) in [4.78, 5) is 15.3. The lowest BCUT2D eigenvalue weighted by atomic mass is 10.1. The van der Waals surface area contributed by atoms with Gasteiger partial charge in [0.25, 0.3) is 5.91 Å². The average molecular weight is 482 g/mol. The molecule has 0 saturated carbocycles. The highest BCUT2D eigenvalue weighted by Crippen LogP contribution is 2.30. The predicted molar refractivity (Wildman–Crippen MR) is 137 cm³/mol. The van der Waals surface area contributed by atoms with Gasteiger partial charge in [0.1, 0.15) is 23.4 Å². The van der Waals surface area contributed by atoms with Crippen LogP contribution in [0.3, 0.4) is 0 Å². The van der Waals surface area contributed by atoms with Crippen LogP contribution in [-0.2, 0) is 6.54 Å². The largest absolute Gasteiger partial charge is 0.495 e. The van der Waals surface area contributed by atoms with Crippen molar-refractivity contribution in [3.63, 3.8) is 0 Å². The molecule has 0 bridgehead atoms. The Balaban J connectivity index is 1.34. The van der Waals surface area contributed by atoms with E-state index in [2.05, 4.69) is 28.6 Å². The van der Waals surface area contributed by atoms with Crippen LogP contribution < -0.4 is 14.8 Å². The van der Waals surface area contributed by atoms with Gasteiger partial charge in [-0.05, 0) is 62.1 Å². The number of rotatable bonds is 10. The third-order valence-corrected chi connectivity index (χ3v) is 6.52. The monoisotopic (exact) mass is 481 g/mol. The van der Waals surface area contributed by atoms with E-state index in [0.29, 0.717) is 18.0 Å². The van der Waals surface area contributed by atoms with Gasteiger partial charge >= 0.3 is 0 Å². The number of ether oxygens (including phenoxy) is 2. The fraction of sp³-hybridized carbons (Fsp3) is 0.464. The lowest BCUT2D eigenvalue weighted by Gasteiger charge is -2.32. The van der Waals surface area contributed by atoms with Crippen molar-refractivity contribution in [2.24, 2.45) is 5.92 Å². The van der Waals surface area contributed by atoms with Gasteiger partial charge in [0.2, 0.25) is 0 Å². The number of likely N-dealkylation sites (tertiary alicyclic amines) is 1. The van der Waals surface area contributed by atoms with Crippen molar-refractivity contribution in [2.75, 3.05) is 33.3 Å². The lowest BCUT2D eigenvalue weighted by molar-refractivity contribution is 0.0950. The van der Waals surface area contributed by atoms with Gasteiger partial charge in [0, 0.05) is 37.8 Å². The van der Waals surface area contributed by atoms with Crippen LogP contribution in [0.4, 0.5) is 4.39 Å². The van der Waals surface area contributed by atoms with Crippen LogP contribution in [0, 0.1) is 11.7 Å². The zero-order valence-corrected chi connectivity index (χ0v) is 20.9. The number of nitrogens with zero attached hydrogens (tertiary/aromatic N) is 2. The third-order valence-electron chi connectivity index (χ3n) is 6.52. The minimum Gasteiger partial charge on any atom is -0.495 e. The number of methoxy groups -OCH3 is 1. The van der Waals surface area contributed by atoms with Gasteiger partial charge in [0.05, 0.1) is 18.2 Å². The minimum absolute atomic E-state index is 0.0427. The molecule has 1 aromatic heterocycles. The first-order valence-corrected chi connectivity index (χ1v) is 12.5. The second-order valence-electron chi connectivity index (χ2n) is 9.66. The van der Waals surface area contributed by atoms with Crippen molar-refractivity contribution in [2.45, 2.75) is 45.8 Å². The Hall–Kier alpha value is -3.06. The highest BCUT2D eigenvalue weighted by atomic mass is 19.1. The van der Waals surface area contributed by atoms with Gasteiger partial charge in [-0.25, -0.2) is 4.39 Å². The molecule has 188 valence electrons. The van der Waals surface area contributed by atoms with E-state index in [1.807, 2.05) is 24.4 Å². The first-order valence-electron chi connectivity index (χ1n) is 12.5. The molecule has 1 amide bonds. The second-order valence-corrected chi connectivity index (χ2v) is 9.66. The number of hydrogen-bond donors (Lipinski definition) is 1. The molecular weight excluding hydrogens is 445 g/mol. The summed E-state index contributed by atoms with van der Waals surface area (Å²) in [5.41, 5.74) is 1.66. The summed E-state index contributed by atoms with van der Waals surface area (Å²) in [5, 5.41) is 3.96. The van der Waals surface area contributed by atoms with E-state index in [4.69, 9.17) is 9.47 Å². The molecule has 2 heterocycles. The zero-order chi connectivity index (χ0) is 24.8. The first kappa shape index (κ1) is 25.0. The van der Waals surface area contributed by atoms with Crippen LogP contribution in [0.15, 0.2) is 48.7 Å². The summed E-state index contributed by atoms with van der Waals surface area (Å²) in [6.45, 7) is 8.56. The van der Waals surface area contributed by atoms with E-state index in [1.54, 1.807) is 19.2 Å². The van der Waals surface area contributed by atoms with Gasteiger partial charge in [-0.3, -0.25) is 4.79 Å². The minimum atomic E-state index is -0.247. The highest BCUT2D eigenvalue weighted by Gasteiger charge is 2.21. The molecule has 0 spiro atoms. The van der Waals surface area contributed by atoms with Crippen LogP contribution >= 0.6 is 0 Å². The van der Waals surface area contributed by atoms with E-state index >= 15 is 0 Å². The quantitative estimate of drug-likeness (QED) is 0.437. The molecule has 1 N–H and O–H groups in total. The Morgan fingerprint density at radius 3 is 2.54 bits per heavy atom. The van der Waals surface area contributed by atoms with E-state index in [1.165, 1.54) is 12.1 Å². The molecule has 6 nitrogen and oxygen atoms in total. The SMILES string of the molecule is COc1cccc2c(C(=O)NCC(C)C)cn(CCCN3CCC(Oc4ccc(F)cc4)CC3)c12. The molecule has 0 atom stereocenters. The van der Waals surface area contributed by atoms with Gasteiger partial charge in [-0.15, -0.1) is 0 Å². The fourth-order valence-corrected chi connectivity index (χ4v) is 4.66. The first-order chi connectivity index (χ1) is 16.9. The average Bonchev–Trinajstić information content (AvgIpc) is 3.24. The summed E-state index contributed by atoms with van der Waals surface area (Å²) in [7, 11) is 1.67. The van der Waals surface area contributed by atoms with Crippen LogP contribution in [0.25, 0.3) is 10.9 Å². The Bertz CT molecular complexity index is 1120. The number of benzene rings is 2. The molecule has 0 radical (unpaired) electrons. The van der Waals surface area contributed by atoms with Gasteiger partial charge in [-0.1, -0.05) is 26.0 Å². The van der Waals surface area contributed by atoms with Crippen molar-refractivity contribution in [1.29, 1.82) is 0 Å². The standard InChI is InChI=1S/C28H36FN3O3/c1-20(2)18-30-28(33)25-19-32(27-24(25)6-4-7-26(27)34-3)15-5-14-31-16-12-23(13-17-31)35-22-10-8-21(29)9-11-22/h4,6-11,19-20,23H,5,12-18H2,1-3H3,(H,30,33). The third kappa shape index (κ3) is 6.34. The number of piperidine rings is 1. The Morgan fingerprint density at radius 2 is 1.86 bits per heavy atom. The van der Waals surface area contributed by atoms with Gasteiger partial charge in [-0.2, -0.15) is 0 Å². The van der Waals surface area contributed by atoms with E-state index < -0.39 is 0 Å². The summed E-state index contributed by atoms with van der Waals surface area (Å²) in [6, 6.07) is 12.1. The maximum absolute atomic E-state index is 13.1. The maximum Gasteiger partial charge on any atom is 0.253 e. The summed E-state index contributed by atoms with van der Waals surface area (Å²) in [6.07, 6.45) is 5.01. The number of amides is 1. The molecule has 1 aliphatic heterocycles. The van der Waals surface area contributed by atoms with Crippen LogP contribution in [0.1, 0.15) is 43.5 Å². The van der Waals surface area contributed by atoms with Crippen molar-refractivity contribution in [1.82, 2.24) is 14.8 Å². The van der Waals surface area contributed by atoms with Crippen molar-refractivity contribution >= 4 is 16.8 Å². The van der Waals surface area contributed by atoms with Crippen LogP contribution in [0.5, 0.6) is 11.5 Å². The highest BCUT2D eigenvalue weighted by molar-refractivity contribution is 6.08. The molecule has 3 aromatic rings. The molecule has 0 aliphatic carbocycles. The summed E-state index contributed by atoms with van der Waals surface area (Å²) < 4.78 is 26.9. The van der Waals surface area contributed by atoms with Gasteiger partial charge in [0.15, 0.2) is 0 Å². The smallest absolute Gasteiger partial charge is 0.253 e. The molecule has 1 fully saturated rings. The molecule has 35 heavy (non-hydrogen) atoms.